The Kier molecular flexibility index (Phi) is 6.09. The number of benzene rings is 1. The zero-order valence-electron chi connectivity index (χ0n) is 16.7. The van der Waals surface area contributed by atoms with Crippen LogP contribution in [-0.2, 0) is 23.9 Å². The monoisotopic (exact) mass is 418 g/mol. The number of nitrogens with zero attached hydrogens (tertiary/aromatic N) is 3. The predicted octanol–water partition coefficient (Wildman–Crippen LogP) is 3.77. The molecule has 1 aromatic carbocycles. The van der Waals surface area contributed by atoms with Crippen molar-refractivity contribution in [3.05, 3.63) is 70.7 Å². The lowest BCUT2D eigenvalue weighted by Gasteiger charge is -2.10. The number of rotatable bonds is 6. The summed E-state index contributed by atoms with van der Waals surface area (Å²) in [5.41, 5.74) is 1.98. The topological polar surface area (TPSA) is 69.0 Å². The maximum atomic E-state index is 12.7. The number of ether oxygens (including phenoxy) is 1. The SMILES string of the molecule is COc1ccccc1CNC(=O)Cc1c(C)nn(-c2ccc(C(F)(F)F)cn2)c1C. The number of pyridine rings is 1. The summed E-state index contributed by atoms with van der Waals surface area (Å²) in [5, 5.41) is 7.20. The van der Waals surface area contributed by atoms with Crippen LogP contribution in [0.25, 0.3) is 5.82 Å². The highest BCUT2D eigenvalue weighted by Gasteiger charge is 2.30. The summed E-state index contributed by atoms with van der Waals surface area (Å²) < 4.78 is 44.9. The number of hydrogen-bond acceptors (Lipinski definition) is 4. The molecule has 2 heterocycles. The zero-order chi connectivity index (χ0) is 21.9. The molecule has 3 rings (SSSR count). The third-order valence-electron chi connectivity index (χ3n) is 4.74. The molecule has 0 radical (unpaired) electrons. The Morgan fingerprint density at radius 2 is 1.90 bits per heavy atom. The second-order valence-electron chi connectivity index (χ2n) is 6.73. The van der Waals surface area contributed by atoms with Crippen LogP contribution in [0.2, 0.25) is 0 Å². The molecule has 0 saturated carbocycles. The molecule has 0 bridgehead atoms. The van der Waals surface area contributed by atoms with Gasteiger partial charge in [-0.2, -0.15) is 18.3 Å². The van der Waals surface area contributed by atoms with E-state index < -0.39 is 11.7 Å². The summed E-state index contributed by atoms with van der Waals surface area (Å²) in [4.78, 5) is 16.3. The molecule has 30 heavy (non-hydrogen) atoms. The van der Waals surface area contributed by atoms with E-state index in [-0.39, 0.29) is 18.1 Å². The summed E-state index contributed by atoms with van der Waals surface area (Å²) in [6, 6.07) is 9.60. The van der Waals surface area contributed by atoms with Crippen molar-refractivity contribution in [2.45, 2.75) is 33.0 Å². The summed E-state index contributed by atoms with van der Waals surface area (Å²) in [6.45, 7) is 3.81. The van der Waals surface area contributed by atoms with Gasteiger partial charge in [-0.25, -0.2) is 9.67 Å². The van der Waals surface area contributed by atoms with E-state index in [1.165, 1.54) is 10.7 Å². The van der Waals surface area contributed by atoms with Gasteiger partial charge >= 0.3 is 6.18 Å². The van der Waals surface area contributed by atoms with Crippen LogP contribution in [0.4, 0.5) is 13.2 Å². The molecule has 0 spiro atoms. The summed E-state index contributed by atoms with van der Waals surface area (Å²) in [5.74, 6) is 0.739. The third-order valence-corrected chi connectivity index (χ3v) is 4.74. The number of halogens is 3. The maximum absolute atomic E-state index is 12.7. The number of alkyl halides is 3. The van der Waals surface area contributed by atoms with E-state index in [1.807, 2.05) is 24.3 Å². The Morgan fingerprint density at radius 1 is 1.17 bits per heavy atom. The van der Waals surface area contributed by atoms with E-state index in [1.54, 1.807) is 21.0 Å². The highest BCUT2D eigenvalue weighted by atomic mass is 19.4. The first kappa shape index (κ1) is 21.4. The first-order valence-electron chi connectivity index (χ1n) is 9.18. The molecule has 3 aromatic rings. The van der Waals surface area contributed by atoms with Crippen LogP contribution < -0.4 is 10.1 Å². The molecule has 1 amide bonds. The molecule has 0 saturated heterocycles. The minimum atomic E-state index is -4.45. The quantitative estimate of drug-likeness (QED) is 0.662. The van der Waals surface area contributed by atoms with E-state index in [4.69, 9.17) is 4.74 Å². The van der Waals surface area contributed by atoms with Gasteiger partial charge in [0.2, 0.25) is 5.91 Å². The lowest BCUT2D eigenvalue weighted by Crippen LogP contribution is -2.25. The average molecular weight is 418 g/mol. The molecule has 9 heteroatoms. The molecular formula is C21H21F3N4O2. The van der Waals surface area contributed by atoms with Crippen LogP contribution in [-0.4, -0.2) is 27.8 Å². The number of aryl methyl sites for hydroxylation is 1. The van der Waals surface area contributed by atoms with Crippen LogP contribution in [0.15, 0.2) is 42.6 Å². The van der Waals surface area contributed by atoms with E-state index in [2.05, 4.69) is 15.4 Å². The van der Waals surface area contributed by atoms with Gasteiger partial charge in [0.15, 0.2) is 5.82 Å². The van der Waals surface area contributed by atoms with Gasteiger partial charge in [-0.15, -0.1) is 0 Å². The molecule has 0 aliphatic heterocycles. The van der Waals surface area contributed by atoms with Crippen molar-refractivity contribution in [1.29, 1.82) is 0 Å². The van der Waals surface area contributed by atoms with Gasteiger partial charge in [0.1, 0.15) is 5.75 Å². The normalized spacial score (nSPS) is 11.4. The lowest BCUT2D eigenvalue weighted by molar-refractivity contribution is -0.137. The molecule has 0 unspecified atom stereocenters. The number of para-hydroxylation sites is 1. The average Bonchev–Trinajstić information content (AvgIpc) is 3.00. The molecule has 1 N–H and O–H groups in total. The fourth-order valence-electron chi connectivity index (χ4n) is 3.10. The smallest absolute Gasteiger partial charge is 0.417 e. The largest absolute Gasteiger partial charge is 0.496 e. The van der Waals surface area contributed by atoms with Crippen molar-refractivity contribution in [2.24, 2.45) is 0 Å². The Morgan fingerprint density at radius 3 is 2.53 bits per heavy atom. The Labute approximate surface area is 171 Å². The highest BCUT2D eigenvalue weighted by Crippen LogP contribution is 2.29. The minimum Gasteiger partial charge on any atom is -0.496 e. The fourth-order valence-corrected chi connectivity index (χ4v) is 3.10. The maximum Gasteiger partial charge on any atom is 0.417 e. The number of nitrogens with one attached hydrogen (secondary N) is 1. The van der Waals surface area contributed by atoms with Gasteiger partial charge < -0.3 is 10.1 Å². The molecule has 2 aromatic heterocycles. The van der Waals surface area contributed by atoms with Gasteiger partial charge in [0, 0.05) is 29.6 Å². The predicted molar refractivity (Wildman–Crippen MR) is 104 cm³/mol. The second-order valence-corrected chi connectivity index (χ2v) is 6.73. The van der Waals surface area contributed by atoms with Crippen molar-refractivity contribution in [3.8, 4) is 11.6 Å². The number of carbonyl (C=O) groups excluding carboxylic acids is 1. The lowest BCUT2D eigenvalue weighted by atomic mass is 10.1. The van der Waals surface area contributed by atoms with Crippen molar-refractivity contribution >= 4 is 5.91 Å². The van der Waals surface area contributed by atoms with Crippen molar-refractivity contribution < 1.29 is 22.7 Å². The Hall–Kier alpha value is -3.36. The molecule has 6 nitrogen and oxygen atoms in total. The van der Waals surface area contributed by atoms with Crippen LogP contribution in [0.3, 0.4) is 0 Å². The summed E-state index contributed by atoms with van der Waals surface area (Å²) in [7, 11) is 1.57. The minimum absolute atomic E-state index is 0.0907. The van der Waals surface area contributed by atoms with Gasteiger partial charge in [0.05, 0.1) is 24.8 Å². The van der Waals surface area contributed by atoms with Crippen molar-refractivity contribution in [3.63, 3.8) is 0 Å². The van der Waals surface area contributed by atoms with Gasteiger partial charge in [-0.1, -0.05) is 18.2 Å². The standard InChI is InChI=1S/C21H21F3N4O2/c1-13-17(10-20(29)26-11-15-6-4-5-7-18(15)30-3)14(2)28(27-13)19-9-8-16(12-25-19)21(22,23)24/h4-9,12H,10-11H2,1-3H3,(H,26,29). The van der Waals surface area contributed by atoms with Crippen LogP contribution in [0.5, 0.6) is 5.75 Å². The van der Waals surface area contributed by atoms with E-state index in [9.17, 15) is 18.0 Å². The molecule has 0 aliphatic carbocycles. The molecule has 158 valence electrons. The fraction of sp³-hybridized carbons (Fsp3) is 0.286. The van der Waals surface area contributed by atoms with Gasteiger partial charge in [0.25, 0.3) is 0 Å². The highest BCUT2D eigenvalue weighted by molar-refractivity contribution is 5.79. The first-order chi connectivity index (χ1) is 14.2. The number of hydrogen-bond donors (Lipinski definition) is 1. The van der Waals surface area contributed by atoms with Crippen LogP contribution in [0, 0.1) is 13.8 Å². The second kappa shape index (κ2) is 8.56. The van der Waals surface area contributed by atoms with Crippen LogP contribution in [0.1, 0.15) is 28.1 Å². The number of methoxy groups -OCH3 is 1. The van der Waals surface area contributed by atoms with Crippen molar-refractivity contribution in [1.82, 2.24) is 20.1 Å². The first-order valence-corrected chi connectivity index (χ1v) is 9.18. The van der Waals surface area contributed by atoms with E-state index >= 15 is 0 Å². The summed E-state index contributed by atoms with van der Waals surface area (Å²) >= 11 is 0. The molecule has 0 fully saturated rings. The zero-order valence-corrected chi connectivity index (χ0v) is 16.7. The number of amides is 1. The number of aromatic nitrogens is 3. The van der Waals surface area contributed by atoms with Crippen LogP contribution >= 0.6 is 0 Å². The molecule has 0 aliphatic rings. The summed E-state index contributed by atoms with van der Waals surface area (Å²) in [6.07, 6.45) is -3.59. The van der Waals surface area contributed by atoms with Crippen molar-refractivity contribution in [2.75, 3.05) is 7.11 Å². The number of carbonyl (C=O) groups is 1. The van der Waals surface area contributed by atoms with E-state index in [0.29, 0.717) is 29.2 Å². The van der Waals surface area contributed by atoms with E-state index in [0.717, 1.165) is 17.8 Å². The Bertz CT molecular complexity index is 1040. The third kappa shape index (κ3) is 4.61. The molecule has 0 atom stereocenters. The Balaban J connectivity index is 1.73. The molecular weight excluding hydrogens is 397 g/mol. The van der Waals surface area contributed by atoms with Gasteiger partial charge in [-0.3, -0.25) is 4.79 Å². The van der Waals surface area contributed by atoms with Gasteiger partial charge in [-0.05, 0) is 32.0 Å².